The van der Waals surface area contributed by atoms with Gasteiger partial charge in [0.25, 0.3) is 0 Å². The standard InChI is InChI=1S/C28H24ClN5O2/c29-23-15-30-28-32-20-5-3-4-17(12-20)8-9-18-13-21(31-27(23)34-28)10-11-24(18)33-26(35)14-19-16-36-25-7-2-1-6-22(19)25/h1-2,4,6-7,10-13,15-16H,3,5,8-9,14H2,(H,33,35)(H2,30,31,32,34). The van der Waals surface area contributed by atoms with Crippen molar-refractivity contribution in [3.05, 3.63) is 94.5 Å². The molecule has 4 aromatic rings. The quantitative estimate of drug-likeness (QED) is 0.289. The number of amides is 1. The Morgan fingerprint density at radius 3 is 2.97 bits per heavy atom. The van der Waals surface area contributed by atoms with E-state index < -0.39 is 0 Å². The maximum absolute atomic E-state index is 13.0. The summed E-state index contributed by atoms with van der Waals surface area (Å²) in [5, 5.41) is 11.1. The van der Waals surface area contributed by atoms with Crippen LogP contribution in [0.1, 0.15) is 30.4 Å². The van der Waals surface area contributed by atoms with Gasteiger partial charge in [0.05, 0.1) is 18.9 Å². The Kier molecular flexibility index (Phi) is 5.91. The number of carbonyl (C=O) groups excluding carboxylic acids is 1. The van der Waals surface area contributed by atoms with Gasteiger partial charge in [-0.2, -0.15) is 4.98 Å². The number of para-hydroxylation sites is 1. The fourth-order valence-electron chi connectivity index (χ4n) is 4.65. The molecule has 180 valence electrons. The molecule has 1 amide bonds. The number of furan rings is 1. The van der Waals surface area contributed by atoms with E-state index in [9.17, 15) is 4.79 Å². The van der Waals surface area contributed by atoms with E-state index >= 15 is 0 Å². The largest absolute Gasteiger partial charge is 0.464 e. The Labute approximate surface area is 213 Å². The van der Waals surface area contributed by atoms with Crippen molar-refractivity contribution in [1.82, 2.24) is 9.97 Å². The number of fused-ring (bicyclic) bond motifs is 6. The normalized spacial score (nSPS) is 14.8. The van der Waals surface area contributed by atoms with Crippen molar-refractivity contribution in [3.63, 3.8) is 0 Å². The third kappa shape index (κ3) is 4.70. The van der Waals surface area contributed by atoms with Gasteiger partial charge in [0.2, 0.25) is 11.9 Å². The van der Waals surface area contributed by atoms with Gasteiger partial charge in [-0.15, -0.1) is 0 Å². The van der Waals surface area contributed by atoms with Gasteiger partial charge in [-0.3, -0.25) is 4.79 Å². The van der Waals surface area contributed by atoms with Crippen molar-refractivity contribution >= 4 is 51.6 Å². The number of hydrogen-bond acceptors (Lipinski definition) is 6. The second-order valence-electron chi connectivity index (χ2n) is 8.98. The van der Waals surface area contributed by atoms with Crippen molar-refractivity contribution in [2.45, 2.75) is 32.1 Å². The summed E-state index contributed by atoms with van der Waals surface area (Å²) in [6, 6.07) is 13.6. The smallest absolute Gasteiger partial charge is 0.228 e. The fraction of sp³-hybridized carbons (Fsp3) is 0.179. The van der Waals surface area contributed by atoms with Crippen LogP contribution in [0.4, 0.5) is 23.1 Å². The van der Waals surface area contributed by atoms with Crippen LogP contribution in [0.2, 0.25) is 5.02 Å². The number of nitrogens with zero attached hydrogens (tertiary/aromatic N) is 2. The molecule has 2 aliphatic rings. The highest BCUT2D eigenvalue weighted by molar-refractivity contribution is 6.32. The molecular formula is C28H24ClN5O2. The molecular weight excluding hydrogens is 474 g/mol. The number of aromatic nitrogens is 2. The van der Waals surface area contributed by atoms with E-state index in [2.05, 4.69) is 38.1 Å². The maximum atomic E-state index is 13.0. The number of halogens is 1. The summed E-state index contributed by atoms with van der Waals surface area (Å²) >= 11 is 6.38. The third-order valence-corrected chi connectivity index (χ3v) is 6.71. The van der Waals surface area contributed by atoms with Gasteiger partial charge in [0.1, 0.15) is 10.6 Å². The Bertz CT molecular complexity index is 1540. The molecule has 1 aliphatic heterocycles. The van der Waals surface area contributed by atoms with Crippen LogP contribution in [0.25, 0.3) is 11.0 Å². The zero-order valence-corrected chi connectivity index (χ0v) is 20.2. The molecule has 7 nitrogen and oxygen atoms in total. The van der Waals surface area contributed by atoms with E-state index in [-0.39, 0.29) is 12.3 Å². The summed E-state index contributed by atoms with van der Waals surface area (Å²) in [5.74, 6) is 0.938. The first-order valence-corrected chi connectivity index (χ1v) is 12.3. The molecule has 6 rings (SSSR count). The summed E-state index contributed by atoms with van der Waals surface area (Å²) in [7, 11) is 0. The lowest BCUT2D eigenvalue weighted by atomic mass is 9.97. The van der Waals surface area contributed by atoms with Crippen molar-refractivity contribution in [3.8, 4) is 0 Å². The van der Waals surface area contributed by atoms with Crippen LogP contribution in [0.3, 0.4) is 0 Å². The number of allylic oxidation sites excluding steroid dienone is 4. The van der Waals surface area contributed by atoms with Crippen LogP contribution in [0.15, 0.2) is 82.8 Å². The van der Waals surface area contributed by atoms with Crippen LogP contribution >= 0.6 is 11.6 Å². The van der Waals surface area contributed by atoms with Gasteiger partial charge in [-0.05, 0) is 67.2 Å². The first kappa shape index (κ1) is 22.4. The summed E-state index contributed by atoms with van der Waals surface area (Å²) in [4.78, 5) is 21.9. The Morgan fingerprint density at radius 2 is 2.03 bits per heavy atom. The first-order chi connectivity index (χ1) is 17.6. The number of carbonyl (C=O) groups is 1. The van der Waals surface area contributed by atoms with Gasteiger partial charge < -0.3 is 20.4 Å². The van der Waals surface area contributed by atoms with E-state index in [1.54, 1.807) is 12.5 Å². The van der Waals surface area contributed by atoms with Crippen LogP contribution in [-0.4, -0.2) is 15.9 Å². The monoisotopic (exact) mass is 497 g/mol. The van der Waals surface area contributed by atoms with Crippen LogP contribution in [0.5, 0.6) is 0 Å². The van der Waals surface area contributed by atoms with Crippen molar-refractivity contribution in [1.29, 1.82) is 0 Å². The molecule has 0 fully saturated rings. The number of anilines is 4. The highest BCUT2D eigenvalue weighted by Gasteiger charge is 2.16. The second-order valence-corrected chi connectivity index (χ2v) is 9.39. The Hall–Kier alpha value is -4.10. The molecule has 36 heavy (non-hydrogen) atoms. The number of hydrogen-bond donors (Lipinski definition) is 3. The van der Waals surface area contributed by atoms with Crippen molar-refractivity contribution in [2.24, 2.45) is 0 Å². The molecule has 3 N–H and O–H groups in total. The lowest BCUT2D eigenvalue weighted by Crippen LogP contribution is -2.15. The topological polar surface area (TPSA) is 92.1 Å². The minimum Gasteiger partial charge on any atom is -0.464 e. The maximum Gasteiger partial charge on any atom is 0.228 e. The first-order valence-electron chi connectivity index (χ1n) is 11.9. The van der Waals surface area contributed by atoms with E-state index in [0.29, 0.717) is 16.8 Å². The van der Waals surface area contributed by atoms with Gasteiger partial charge in [0.15, 0.2) is 5.82 Å². The van der Waals surface area contributed by atoms with Crippen molar-refractivity contribution in [2.75, 3.05) is 16.0 Å². The molecule has 3 heterocycles. The molecule has 2 aromatic heterocycles. The van der Waals surface area contributed by atoms with Gasteiger partial charge in [-0.1, -0.05) is 35.9 Å². The number of benzene rings is 2. The molecule has 0 unspecified atom stereocenters. The average Bonchev–Trinajstić information content (AvgIpc) is 3.28. The average molecular weight is 498 g/mol. The second kappa shape index (κ2) is 9.51. The molecule has 0 saturated heterocycles. The molecule has 0 atom stereocenters. The highest BCUT2D eigenvalue weighted by atomic mass is 35.5. The van der Waals surface area contributed by atoms with Gasteiger partial charge in [0, 0.05) is 28.0 Å². The molecule has 0 radical (unpaired) electrons. The zero-order valence-electron chi connectivity index (χ0n) is 19.5. The van der Waals surface area contributed by atoms with Gasteiger partial charge in [-0.25, -0.2) is 4.98 Å². The van der Waals surface area contributed by atoms with E-state index in [4.69, 9.17) is 16.0 Å². The fourth-order valence-corrected chi connectivity index (χ4v) is 4.79. The summed E-state index contributed by atoms with van der Waals surface area (Å²) in [6.45, 7) is 0. The van der Waals surface area contributed by atoms with Crippen LogP contribution in [0, 0.1) is 0 Å². The number of nitrogens with one attached hydrogen (secondary N) is 3. The predicted molar refractivity (Wildman–Crippen MR) is 143 cm³/mol. The lowest BCUT2D eigenvalue weighted by Gasteiger charge is -2.16. The van der Waals surface area contributed by atoms with Gasteiger partial charge >= 0.3 is 0 Å². The van der Waals surface area contributed by atoms with Crippen LogP contribution in [-0.2, 0) is 17.6 Å². The molecule has 6 bridgehead atoms. The van der Waals surface area contributed by atoms with E-state index in [1.807, 2.05) is 42.5 Å². The van der Waals surface area contributed by atoms with E-state index in [0.717, 1.165) is 64.9 Å². The molecule has 2 aromatic carbocycles. The van der Waals surface area contributed by atoms with Crippen LogP contribution < -0.4 is 16.0 Å². The minimum absolute atomic E-state index is 0.0896. The van der Waals surface area contributed by atoms with E-state index in [1.165, 1.54) is 5.57 Å². The molecule has 1 aliphatic carbocycles. The zero-order chi connectivity index (χ0) is 24.5. The van der Waals surface area contributed by atoms with Crippen molar-refractivity contribution < 1.29 is 9.21 Å². The molecule has 0 spiro atoms. The Morgan fingerprint density at radius 1 is 1.11 bits per heavy atom. The molecule has 0 saturated carbocycles. The summed E-state index contributed by atoms with van der Waals surface area (Å²) in [6.07, 6.45) is 11.4. The number of aryl methyl sites for hydroxylation is 1. The number of rotatable bonds is 3. The lowest BCUT2D eigenvalue weighted by molar-refractivity contribution is -0.115. The predicted octanol–water partition coefficient (Wildman–Crippen LogP) is 6.76. The summed E-state index contributed by atoms with van der Waals surface area (Å²) in [5.41, 5.74) is 6.63. The minimum atomic E-state index is -0.0896. The molecule has 8 heteroatoms. The Balaban J connectivity index is 1.30. The highest BCUT2D eigenvalue weighted by Crippen LogP contribution is 2.31. The third-order valence-electron chi connectivity index (χ3n) is 6.43. The summed E-state index contributed by atoms with van der Waals surface area (Å²) < 4.78 is 5.60. The SMILES string of the molecule is O=C(Cc1coc2ccccc12)Nc1ccc2cc1CCC1=CCCC(=C1)Nc1ncc(Cl)c(n1)N2.